The van der Waals surface area contributed by atoms with Gasteiger partial charge in [-0.15, -0.1) is 0 Å². The van der Waals surface area contributed by atoms with E-state index >= 15 is 0 Å². The van der Waals surface area contributed by atoms with Gasteiger partial charge in [-0.25, -0.2) is 0 Å². The largest absolute Gasteiger partial charge is 0.393 e. The van der Waals surface area contributed by atoms with E-state index in [4.69, 9.17) is 0 Å². The second kappa shape index (κ2) is 13.3. The van der Waals surface area contributed by atoms with Gasteiger partial charge in [0.25, 0.3) is 0 Å². The minimum Gasteiger partial charge on any atom is -0.393 e. The van der Waals surface area contributed by atoms with E-state index in [2.05, 4.69) is 24.0 Å². The molecule has 1 amide bonds. The fraction of sp³-hybridized carbons (Fsp3) is 0.600. The second-order valence-electron chi connectivity index (χ2n) is 6.52. The molecule has 137 valence electrons. The van der Waals surface area contributed by atoms with Crippen LogP contribution >= 0.6 is 11.8 Å². The molecular weight excluding hydrogens is 407 g/mol. The van der Waals surface area contributed by atoms with Crippen LogP contribution in [-0.4, -0.2) is 46.1 Å². The molecule has 0 aromatic heterocycles. The minimum absolute atomic E-state index is 0. The van der Waals surface area contributed by atoms with Crippen LogP contribution < -0.4 is 0 Å². The molecule has 1 N–H and O–H groups in total. The predicted octanol–water partition coefficient (Wildman–Crippen LogP) is 3.71. The van der Waals surface area contributed by atoms with Crippen LogP contribution in [-0.2, 0) is 43.9 Å². The van der Waals surface area contributed by atoms with Gasteiger partial charge >= 0.3 is 0 Å². The van der Waals surface area contributed by atoms with Gasteiger partial charge in [0.2, 0.25) is 5.91 Å². The first-order valence-corrected chi connectivity index (χ1v) is 10.2. The molecule has 1 aliphatic rings. The maximum atomic E-state index is 12.2. The van der Waals surface area contributed by atoms with Gasteiger partial charge in [-0.3, -0.25) is 4.79 Å². The number of rotatable bonds is 10. The smallest absolute Gasteiger partial charge is 0.222 e. The number of hydrogen-bond acceptors (Lipinski definition) is 3. The topological polar surface area (TPSA) is 40.5 Å². The van der Waals surface area contributed by atoms with Crippen LogP contribution in [0.4, 0.5) is 0 Å². The Labute approximate surface area is 182 Å². The zero-order chi connectivity index (χ0) is 17.2. The number of piperidine rings is 1. The summed E-state index contributed by atoms with van der Waals surface area (Å²) in [5.74, 6) is 2.34. The molecule has 2 rings (SSSR count). The molecule has 1 saturated heterocycles. The molecule has 1 aromatic carbocycles. The number of carbonyl (C=O) groups excluding carboxylic acids is 1. The van der Waals surface area contributed by atoms with E-state index in [1.165, 1.54) is 5.56 Å². The Balaban J connectivity index is 0.00000312. The van der Waals surface area contributed by atoms with E-state index in [9.17, 15) is 9.90 Å². The van der Waals surface area contributed by atoms with Crippen molar-refractivity contribution in [2.75, 3.05) is 18.1 Å². The van der Waals surface area contributed by atoms with Gasteiger partial charge in [-0.2, -0.15) is 18.2 Å². The molecule has 1 heterocycles. The Bertz CT molecular complexity index is 486. The number of aliphatic hydroxyl groups is 1. The average Bonchev–Trinajstić information content (AvgIpc) is 2.59. The predicted molar refractivity (Wildman–Crippen MR) is 102 cm³/mol. The normalized spacial score (nSPS) is 18.7. The Morgan fingerprint density at radius 2 is 2.04 bits per heavy atom. The molecule has 0 saturated carbocycles. The zero-order valence-corrected chi connectivity index (χ0v) is 18.8. The number of aliphatic hydroxyl groups excluding tert-OH is 1. The number of hydrogen-bond donors (Lipinski definition) is 1. The average molecular weight is 437 g/mol. The van der Waals surface area contributed by atoms with Crippen molar-refractivity contribution in [1.82, 2.24) is 4.90 Å². The minimum atomic E-state index is -0.327. The Hall–Kier alpha value is 0.104. The van der Waals surface area contributed by atoms with Gasteiger partial charge in [-0.05, 0) is 43.4 Å². The van der Waals surface area contributed by atoms with Crippen molar-refractivity contribution in [3.05, 3.63) is 42.8 Å². The summed E-state index contributed by atoms with van der Waals surface area (Å²) in [4.78, 5) is 14.3. The third-order valence-electron chi connectivity index (χ3n) is 4.60. The van der Waals surface area contributed by atoms with Crippen molar-refractivity contribution in [3.8, 4) is 0 Å². The SMILES string of the molecule is [CH2-]CCSCCN1C(=O)CCC[C@@H]1CCC(O)Cc1ccccc1.[Y]. The van der Waals surface area contributed by atoms with Gasteiger partial charge in [0.15, 0.2) is 0 Å². The van der Waals surface area contributed by atoms with E-state index in [-0.39, 0.29) is 38.8 Å². The Morgan fingerprint density at radius 1 is 1.28 bits per heavy atom. The molecule has 3 nitrogen and oxygen atoms in total. The summed E-state index contributed by atoms with van der Waals surface area (Å²) in [6.07, 6.45) is 5.71. The van der Waals surface area contributed by atoms with Crippen molar-refractivity contribution < 1.29 is 42.6 Å². The molecular formula is C20H30NO2SY-. The molecule has 0 aliphatic carbocycles. The van der Waals surface area contributed by atoms with Gasteiger partial charge in [-0.1, -0.05) is 30.3 Å². The maximum absolute atomic E-state index is 12.2. The van der Waals surface area contributed by atoms with Crippen LogP contribution in [0.15, 0.2) is 30.3 Å². The molecule has 0 spiro atoms. The van der Waals surface area contributed by atoms with Gasteiger partial charge < -0.3 is 16.9 Å². The standard InChI is InChI=1S/C20H30NO2S.Y/c1-2-14-24-15-13-21-18(9-6-10-20(21)23)11-12-19(22)16-17-7-4-3-5-8-17;/h3-5,7-8,18-19,22H,1-2,6,9-16H2;/q-1;/t18-,19?;/m1./s1. The first-order chi connectivity index (χ1) is 11.7. The molecule has 1 radical (unpaired) electrons. The van der Waals surface area contributed by atoms with Crippen molar-refractivity contribution in [2.24, 2.45) is 0 Å². The summed E-state index contributed by atoms with van der Waals surface area (Å²) < 4.78 is 0. The number of nitrogens with zero attached hydrogens (tertiary/aromatic N) is 1. The number of benzene rings is 1. The van der Waals surface area contributed by atoms with E-state index in [0.29, 0.717) is 24.8 Å². The molecule has 5 heteroatoms. The molecule has 25 heavy (non-hydrogen) atoms. The maximum Gasteiger partial charge on any atom is 0.222 e. The van der Waals surface area contributed by atoms with Crippen LogP contribution in [0.5, 0.6) is 0 Å². The quantitative estimate of drug-likeness (QED) is 0.448. The molecule has 0 bridgehead atoms. The summed E-state index contributed by atoms with van der Waals surface area (Å²) in [5.41, 5.74) is 1.17. The van der Waals surface area contributed by atoms with Crippen molar-refractivity contribution >= 4 is 17.7 Å². The van der Waals surface area contributed by atoms with E-state index in [0.717, 1.165) is 50.2 Å². The monoisotopic (exact) mass is 437 g/mol. The summed E-state index contributed by atoms with van der Waals surface area (Å²) in [5, 5.41) is 10.3. The molecule has 1 fully saturated rings. The van der Waals surface area contributed by atoms with Crippen molar-refractivity contribution in [1.29, 1.82) is 0 Å². The summed E-state index contributed by atoms with van der Waals surface area (Å²) in [6, 6.07) is 10.4. The van der Waals surface area contributed by atoms with Gasteiger partial charge in [0.05, 0.1) is 6.10 Å². The first kappa shape index (κ1) is 23.1. The Kier molecular flexibility index (Phi) is 12.3. The van der Waals surface area contributed by atoms with E-state index in [1.54, 1.807) is 0 Å². The molecule has 1 aliphatic heterocycles. The van der Waals surface area contributed by atoms with Crippen LogP contribution in [0.2, 0.25) is 0 Å². The van der Waals surface area contributed by atoms with Crippen molar-refractivity contribution in [2.45, 2.75) is 57.1 Å². The molecule has 2 atom stereocenters. The molecule has 1 unspecified atom stereocenters. The van der Waals surface area contributed by atoms with Crippen molar-refractivity contribution in [3.63, 3.8) is 0 Å². The van der Waals surface area contributed by atoms with E-state index in [1.807, 2.05) is 30.0 Å². The summed E-state index contributed by atoms with van der Waals surface area (Å²) in [7, 11) is 0. The van der Waals surface area contributed by atoms with E-state index < -0.39 is 0 Å². The van der Waals surface area contributed by atoms with Crippen LogP contribution in [0.3, 0.4) is 0 Å². The van der Waals surface area contributed by atoms with Crippen LogP contribution in [0, 0.1) is 6.92 Å². The fourth-order valence-corrected chi connectivity index (χ4v) is 4.07. The van der Waals surface area contributed by atoms with Crippen LogP contribution in [0.25, 0.3) is 0 Å². The Morgan fingerprint density at radius 3 is 2.76 bits per heavy atom. The third kappa shape index (κ3) is 8.55. The third-order valence-corrected chi connectivity index (χ3v) is 5.65. The second-order valence-corrected chi connectivity index (χ2v) is 7.74. The summed E-state index contributed by atoms with van der Waals surface area (Å²) in [6.45, 7) is 4.69. The number of carbonyl (C=O) groups is 1. The first-order valence-electron chi connectivity index (χ1n) is 9.09. The number of amides is 1. The molecule has 1 aromatic rings. The number of likely N-dealkylation sites (tertiary alicyclic amines) is 1. The number of thioether (sulfide) groups is 1. The van der Waals surface area contributed by atoms with Crippen LogP contribution in [0.1, 0.15) is 44.1 Å². The zero-order valence-electron chi connectivity index (χ0n) is 15.1. The van der Waals surface area contributed by atoms with Gasteiger partial charge in [0, 0.05) is 57.5 Å². The van der Waals surface area contributed by atoms with Gasteiger partial charge in [0.1, 0.15) is 0 Å². The summed E-state index contributed by atoms with van der Waals surface area (Å²) >= 11 is 1.87. The fourth-order valence-electron chi connectivity index (χ4n) is 3.34.